The van der Waals surface area contributed by atoms with Crippen molar-refractivity contribution in [3.05, 3.63) is 58.9 Å². The lowest BCUT2D eigenvalue weighted by Gasteiger charge is -2.20. The van der Waals surface area contributed by atoms with Gasteiger partial charge in [-0.05, 0) is 67.4 Å². The average molecular weight is 619 g/mol. The second-order valence-electron chi connectivity index (χ2n) is 9.28. The Morgan fingerprint density at radius 2 is 1.60 bits per heavy atom. The highest BCUT2D eigenvalue weighted by molar-refractivity contribution is 7.86. The number of carbonyl (C=O) groups is 2. The molecule has 1 amide bonds. The van der Waals surface area contributed by atoms with E-state index in [1.165, 1.54) is 24.3 Å². The highest BCUT2D eigenvalue weighted by Crippen LogP contribution is 2.45. The number of unbranched alkanes of at least 4 members (excludes halogenated alkanes) is 2. The number of carbonyl (C=O) groups excluding carboxylic acids is 1. The van der Waals surface area contributed by atoms with E-state index in [2.05, 4.69) is 5.32 Å². The zero-order chi connectivity index (χ0) is 31.0. The molecule has 0 saturated heterocycles. The number of fused-ring (bicyclic) bond motifs is 2. The fraction of sp³-hybridized carbons (Fsp3) is 0.192. The van der Waals surface area contributed by atoms with E-state index >= 15 is 0 Å². The standard InChI is InChI=1S/C26H26N4O10S2/c27-10-2-1-3-11-30-25(31)13-4-5-14(26(32)33)17(12-13)20-15-6-8-18(28)23(41(34,35)36)21(15)40-22-16(20)7-9-19(29)24(22)42(37,38)39/h4-9,12,28H,1-3,10-11,27,29H2,(H,30,31)(H,32,33)(H,34,35,36)(H,37,38,39). The van der Waals surface area contributed by atoms with Crippen molar-refractivity contribution >= 4 is 48.8 Å². The largest absolute Gasteiger partial charge is 0.478 e. The molecule has 0 atom stereocenters. The molecule has 0 bridgehead atoms. The van der Waals surface area contributed by atoms with Crippen molar-refractivity contribution in [2.45, 2.75) is 29.1 Å². The zero-order valence-electron chi connectivity index (χ0n) is 21.7. The maximum atomic E-state index is 13.0. The van der Waals surface area contributed by atoms with E-state index in [1.807, 2.05) is 0 Å². The number of hydrogen-bond donors (Lipinski definition) is 7. The number of carboxylic acids is 1. The van der Waals surface area contributed by atoms with Gasteiger partial charge < -0.3 is 26.3 Å². The summed E-state index contributed by atoms with van der Waals surface area (Å²) in [6.45, 7) is 0.817. The molecule has 42 heavy (non-hydrogen) atoms. The van der Waals surface area contributed by atoms with E-state index in [1.54, 1.807) is 0 Å². The number of aromatic carboxylic acids is 1. The van der Waals surface area contributed by atoms with Gasteiger partial charge in [0.2, 0.25) is 0 Å². The van der Waals surface area contributed by atoms with Gasteiger partial charge in [-0.15, -0.1) is 0 Å². The number of nitrogens with two attached hydrogens (primary N) is 2. The first-order valence-corrected chi connectivity index (χ1v) is 15.2. The highest BCUT2D eigenvalue weighted by atomic mass is 32.2. The molecular formula is C26H26N4O10S2. The Kier molecular flexibility index (Phi) is 8.38. The summed E-state index contributed by atoms with van der Waals surface area (Å²) in [5.41, 5.74) is 9.35. The Balaban J connectivity index is 2.12. The van der Waals surface area contributed by atoms with Crippen molar-refractivity contribution in [3.63, 3.8) is 0 Å². The molecule has 0 saturated carbocycles. The van der Waals surface area contributed by atoms with Gasteiger partial charge in [0.1, 0.15) is 0 Å². The van der Waals surface area contributed by atoms with Crippen LogP contribution >= 0.6 is 0 Å². The molecular weight excluding hydrogens is 592 g/mol. The number of nitrogen functional groups attached to an aromatic ring is 1. The lowest BCUT2D eigenvalue weighted by molar-refractivity contribution is 0.0697. The summed E-state index contributed by atoms with van der Waals surface area (Å²) in [7, 11) is -10.3. The first-order valence-electron chi connectivity index (χ1n) is 12.3. The maximum Gasteiger partial charge on any atom is 0.336 e. The Morgan fingerprint density at radius 1 is 0.905 bits per heavy atom. The van der Waals surface area contributed by atoms with Gasteiger partial charge in [0.25, 0.3) is 26.1 Å². The van der Waals surface area contributed by atoms with Crippen molar-refractivity contribution in [1.29, 1.82) is 5.41 Å². The van der Waals surface area contributed by atoms with E-state index in [-0.39, 0.29) is 33.2 Å². The minimum absolute atomic E-state index is 0.0217. The van der Waals surface area contributed by atoms with Gasteiger partial charge in [0.15, 0.2) is 21.1 Å². The van der Waals surface area contributed by atoms with Crippen molar-refractivity contribution in [2.24, 2.45) is 5.73 Å². The van der Waals surface area contributed by atoms with E-state index < -0.39 is 64.3 Å². The SMILES string of the molecule is N=c1ccc2c(-c3cc(C(=O)NCCCCCN)ccc3C(=O)O)c3ccc(N)c(S(=O)(=O)O)c3oc-2c1S(=O)(=O)O. The van der Waals surface area contributed by atoms with Crippen LogP contribution in [0.3, 0.4) is 0 Å². The number of hydrogen-bond acceptors (Lipinski definition) is 10. The Labute approximate surface area is 239 Å². The first-order chi connectivity index (χ1) is 19.7. The van der Waals surface area contributed by atoms with Crippen LogP contribution in [0.15, 0.2) is 56.7 Å². The quantitative estimate of drug-likeness (QED) is 0.0584. The number of amides is 1. The van der Waals surface area contributed by atoms with Crippen molar-refractivity contribution in [1.82, 2.24) is 5.32 Å². The molecule has 2 aromatic carbocycles. The molecule has 2 aromatic rings. The number of rotatable bonds is 10. The third-order valence-electron chi connectivity index (χ3n) is 6.46. The van der Waals surface area contributed by atoms with Crippen molar-refractivity contribution in [3.8, 4) is 22.5 Å². The van der Waals surface area contributed by atoms with Crippen molar-refractivity contribution < 1.29 is 45.1 Å². The topological polar surface area (TPSA) is 264 Å². The lowest BCUT2D eigenvalue weighted by atomic mass is 9.89. The van der Waals surface area contributed by atoms with Crippen LogP contribution in [0, 0.1) is 5.41 Å². The highest BCUT2D eigenvalue weighted by Gasteiger charge is 2.32. The van der Waals surface area contributed by atoms with E-state index in [9.17, 15) is 40.6 Å². The zero-order valence-corrected chi connectivity index (χ0v) is 23.4. The summed E-state index contributed by atoms with van der Waals surface area (Å²) in [6, 6.07) is 8.23. The predicted molar refractivity (Wildman–Crippen MR) is 150 cm³/mol. The molecule has 0 spiro atoms. The average Bonchev–Trinajstić information content (AvgIpc) is 2.89. The summed E-state index contributed by atoms with van der Waals surface area (Å²) >= 11 is 0. The van der Waals surface area contributed by atoms with Gasteiger partial charge in [-0.1, -0.05) is 6.42 Å². The molecule has 1 aliphatic carbocycles. The molecule has 1 aliphatic heterocycles. The molecule has 0 aromatic heterocycles. The summed E-state index contributed by atoms with van der Waals surface area (Å²) in [6.07, 6.45) is 2.19. The third kappa shape index (κ3) is 5.83. The molecule has 1 heterocycles. The van der Waals surface area contributed by atoms with Crippen LogP contribution in [-0.4, -0.2) is 56.0 Å². The summed E-state index contributed by atoms with van der Waals surface area (Å²) in [4.78, 5) is 23.3. The van der Waals surface area contributed by atoms with Crippen LogP contribution in [0.1, 0.15) is 40.0 Å². The molecule has 14 nitrogen and oxygen atoms in total. The summed E-state index contributed by atoms with van der Waals surface area (Å²) in [5.74, 6) is -2.71. The molecule has 16 heteroatoms. The van der Waals surface area contributed by atoms with Crippen LogP contribution in [0.2, 0.25) is 0 Å². The second kappa shape index (κ2) is 11.5. The normalized spacial score (nSPS) is 12.1. The van der Waals surface area contributed by atoms with E-state index in [0.717, 1.165) is 31.0 Å². The van der Waals surface area contributed by atoms with Crippen LogP contribution in [0.5, 0.6) is 0 Å². The molecule has 222 valence electrons. The first kappa shape index (κ1) is 30.6. The van der Waals surface area contributed by atoms with Gasteiger partial charge in [0.05, 0.1) is 16.6 Å². The van der Waals surface area contributed by atoms with Gasteiger partial charge >= 0.3 is 5.97 Å². The minimum Gasteiger partial charge on any atom is -0.478 e. The van der Waals surface area contributed by atoms with Gasteiger partial charge in [-0.2, -0.15) is 16.8 Å². The monoisotopic (exact) mass is 618 g/mol. The van der Waals surface area contributed by atoms with Crippen LogP contribution < -0.4 is 22.1 Å². The van der Waals surface area contributed by atoms with Gasteiger partial charge in [0, 0.05) is 28.6 Å². The lowest BCUT2D eigenvalue weighted by Crippen LogP contribution is -2.24. The fourth-order valence-electron chi connectivity index (χ4n) is 4.63. The van der Waals surface area contributed by atoms with Crippen LogP contribution in [0.25, 0.3) is 33.4 Å². The van der Waals surface area contributed by atoms with Crippen LogP contribution in [-0.2, 0) is 20.2 Å². The third-order valence-corrected chi connectivity index (χ3v) is 8.32. The van der Waals surface area contributed by atoms with E-state index in [0.29, 0.717) is 19.5 Å². The number of anilines is 1. The van der Waals surface area contributed by atoms with E-state index in [4.69, 9.17) is 21.3 Å². The smallest absolute Gasteiger partial charge is 0.336 e. The van der Waals surface area contributed by atoms with Gasteiger partial charge in [-0.3, -0.25) is 19.3 Å². The summed E-state index contributed by atoms with van der Waals surface area (Å²) < 4.78 is 74.8. The number of carboxylic acid groups (broad SMARTS) is 1. The number of nitrogens with one attached hydrogen (secondary N) is 2. The molecule has 0 fully saturated rings. The Hall–Kier alpha value is -4.35. The maximum absolute atomic E-state index is 13.0. The fourth-order valence-corrected chi connectivity index (χ4v) is 6.11. The molecule has 4 rings (SSSR count). The number of benzene rings is 3. The molecule has 9 N–H and O–H groups in total. The van der Waals surface area contributed by atoms with Crippen LogP contribution in [0.4, 0.5) is 5.69 Å². The molecule has 2 aliphatic rings. The molecule has 0 unspecified atom stereocenters. The van der Waals surface area contributed by atoms with Crippen molar-refractivity contribution in [2.75, 3.05) is 18.8 Å². The van der Waals surface area contributed by atoms with Gasteiger partial charge in [-0.25, -0.2) is 4.79 Å². The summed E-state index contributed by atoms with van der Waals surface area (Å²) in [5, 5.41) is 20.0. The Bertz CT molecular complexity index is 1990. The minimum atomic E-state index is -5.16. The Morgan fingerprint density at radius 3 is 2.21 bits per heavy atom. The predicted octanol–water partition coefficient (Wildman–Crippen LogP) is 2.32. The second-order valence-corrected chi connectivity index (χ2v) is 12.0. The molecule has 0 radical (unpaired) electrons.